The van der Waals surface area contributed by atoms with Crippen molar-refractivity contribution in [3.8, 4) is 0 Å². The lowest BCUT2D eigenvalue weighted by Gasteiger charge is -2.28. The van der Waals surface area contributed by atoms with Gasteiger partial charge in [0.25, 0.3) is 5.91 Å². The molecule has 3 atom stereocenters. The van der Waals surface area contributed by atoms with Gasteiger partial charge in [0.2, 0.25) is 5.91 Å². The molecule has 120 valence electrons. The fraction of sp³-hybridized carbons (Fsp3) is 0.412. The molecule has 2 aliphatic heterocycles. The van der Waals surface area contributed by atoms with E-state index < -0.39 is 12.1 Å². The number of ether oxygens (including phenoxy) is 1. The summed E-state index contributed by atoms with van der Waals surface area (Å²) in [4.78, 5) is 27.1. The molecular formula is C17H19N3O3. The third-order valence-electron chi connectivity index (χ3n) is 4.77. The summed E-state index contributed by atoms with van der Waals surface area (Å²) < 4.78 is 7.35. The smallest absolute Gasteiger partial charge is 0.253 e. The van der Waals surface area contributed by atoms with Crippen LogP contribution in [-0.4, -0.2) is 46.2 Å². The standard InChI is InChI=1S/C17H19N3O3/c18-12-8-10-23-15-6-5-14(20(15)16(12)21)17(22)19-9-7-11-3-1-2-4-13(11)19/h1-4,7,9,12,14-15H,5-6,8,10,18H2/t12-,14?,15-/m0/s1. The third-order valence-corrected chi connectivity index (χ3v) is 4.77. The zero-order valence-corrected chi connectivity index (χ0v) is 12.7. The van der Waals surface area contributed by atoms with Crippen LogP contribution in [0.5, 0.6) is 0 Å². The van der Waals surface area contributed by atoms with Gasteiger partial charge in [-0.3, -0.25) is 14.2 Å². The summed E-state index contributed by atoms with van der Waals surface area (Å²) in [6.07, 6.45) is 3.22. The molecule has 6 heteroatoms. The van der Waals surface area contributed by atoms with E-state index >= 15 is 0 Å². The minimum Gasteiger partial charge on any atom is -0.358 e. The van der Waals surface area contributed by atoms with E-state index in [9.17, 15) is 9.59 Å². The molecule has 1 amide bonds. The fourth-order valence-corrected chi connectivity index (χ4v) is 3.56. The number of nitrogens with two attached hydrogens (primary N) is 1. The number of para-hydroxylation sites is 1. The van der Waals surface area contributed by atoms with Gasteiger partial charge in [0.1, 0.15) is 12.3 Å². The van der Waals surface area contributed by atoms with Gasteiger partial charge in [0.05, 0.1) is 18.2 Å². The number of nitrogens with zero attached hydrogens (tertiary/aromatic N) is 2. The van der Waals surface area contributed by atoms with Crippen molar-refractivity contribution in [2.24, 2.45) is 5.73 Å². The number of carbonyl (C=O) groups is 2. The summed E-state index contributed by atoms with van der Waals surface area (Å²) in [5.74, 6) is -0.278. The number of carbonyl (C=O) groups excluding carboxylic acids is 2. The second-order valence-electron chi connectivity index (χ2n) is 6.14. The Bertz CT molecular complexity index is 769. The number of fused-ring (bicyclic) bond motifs is 2. The van der Waals surface area contributed by atoms with Crippen LogP contribution in [0.15, 0.2) is 36.5 Å². The van der Waals surface area contributed by atoms with Crippen LogP contribution < -0.4 is 5.73 Å². The molecule has 2 N–H and O–H groups in total. The largest absolute Gasteiger partial charge is 0.358 e. The molecule has 6 nitrogen and oxygen atoms in total. The quantitative estimate of drug-likeness (QED) is 0.862. The maximum atomic E-state index is 13.0. The van der Waals surface area contributed by atoms with Crippen molar-refractivity contribution in [1.82, 2.24) is 9.47 Å². The SMILES string of the molecule is N[C@H]1CCO[C@H]2CCC(C(=O)n3ccc4ccccc43)N2C1=O. The summed E-state index contributed by atoms with van der Waals surface area (Å²) in [5, 5.41) is 1.01. The summed E-state index contributed by atoms with van der Waals surface area (Å²) >= 11 is 0. The Morgan fingerprint density at radius 3 is 2.87 bits per heavy atom. The van der Waals surface area contributed by atoms with Crippen LogP contribution in [0.3, 0.4) is 0 Å². The molecule has 2 aromatic rings. The number of benzene rings is 1. The van der Waals surface area contributed by atoms with Gasteiger partial charge in [-0.25, -0.2) is 0 Å². The Hall–Kier alpha value is -2.18. The third kappa shape index (κ3) is 2.26. The molecular weight excluding hydrogens is 294 g/mol. The maximum Gasteiger partial charge on any atom is 0.253 e. The van der Waals surface area contributed by atoms with Crippen LogP contribution in [0.4, 0.5) is 0 Å². The molecule has 2 fully saturated rings. The van der Waals surface area contributed by atoms with Gasteiger partial charge in [-0.2, -0.15) is 0 Å². The highest BCUT2D eigenvalue weighted by Crippen LogP contribution is 2.30. The predicted molar refractivity (Wildman–Crippen MR) is 84.8 cm³/mol. The molecule has 3 heterocycles. The molecule has 1 aromatic carbocycles. The van der Waals surface area contributed by atoms with Gasteiger partial charge in [-0.05, 0) is 31.4 Å². The molecule has 2 saturated heterocycles. The van der Waals surface area contributed by atoms with Crippen molar-refractivity contribution in [3.05, 3.63) is 36.5 Å². The van der Waals surface area contributed by atoms with Crippen molar-refractivity contribution in [2.75, 3.05) is 6.61 Å². The monoisotopic (exact) mass is 313 g/mol. The average molecular weight is 313 g/mol. The van der Waals surface area contributed by atoms with E-state index in [0.29, 0.717) is 25.9 Å². The van der Waals surface area contributed by atoms with Crippen LogP contribution in [0.25, 0.3) is 10.9 Å². The lowest BCUT2D eigenvalue weighted by molar-refractivity contribution is -0.140. The minimum absolute atomic E-state index is 0.0975. The number of hydrogen-bond donors (Lipinski definition) is 1. The van der Waals surface area contributed by atoms with Crippen molar-refractivity contribution in [1.29, 1.82) is 0 Å². The normalized spacial score (nSPS) is 28.0. The highest BCUT2D eigenvalue weighted by molar-refractivity contribution is 5.97. The zero-order chi connectivity index (χ0) is 16.0. The first kappa shape index (κ1) is 14.4. The van der Waals surface area contributed by atoms with Gasteiger partial charge >= 0.3 is 0 Å². The van der Waals surface area contributed by atoms with E-state index in [-0.39, 0.29) is 18.0 Å². The van der Waals surface area contributed by atoms with Crippen molar-refractivity contribution < 1.29 is 14.3 Å². The van der Waals surface area contributed by atoms with Crippen LogP contribution in [-0.2, 0) is 9.53 Å². The highest BCUT2D eigenvalue weighted by atomic mass is 16.5. The first-order valence-corrected chi connectivity index (χ1v) is 7.96. The molecule has 0 aliphatic carbocycles. The molecule has 0 saturated carbocycles. The molecule has 2 aliphatic rings. The van der Waals surface area contributed by atoms with E-state index in [2.05, 4.69) is 0 Å². The van der Waals surface area contributed by atoms with Crippen molar-refractivity contribution >= 4 is 22.7 Å². The molecule has 0 bridgehead atoms. The fourth-order valence-electron chi connectivity index (χ4n) is 3.56. The lowest BCUT2D eigenvalue weighted by atomic mass is 10.1. The average Bonchev–Trinajstić information content (AvgIpc) is 3.14. The van der Waals surface area contributed by atoms with Crippen LogP contribution >= 0.6 is 0 Å². The molecule has 0 spiro atoms. The van der Waals surface area contributed by atoms with E-state index in [4.69, 9.17) is 10.5 Å². The van der Waals surface area contributed by atoms with E-state index in [1.165, 1.54) is 0 Å². The van der Waals surface area contributed by atoms with Gasteiger partial charge in [0, 0.05) is 11.6 Å². The zero-order valence-electron chi connectivity index (χ0n) is 12.7. The molecule has 4 rings (SSSR count). The van der Waals surface area contributed by atoms with Crippen LogP contribution in [0, 0.1) is 0 Å². The van der Waals surface area contributed by atoms with Gasteiger partial charge in [-0.15, -0.1) is 0 Å². The van der Waals surface area contributed by atoms with E-state index in [0.717, 1.165) is 10.9 Å². The lowest BCUT2D eigenvalue weighted by Crippen LogP contribution is -2.51. The highest BCUT2D eigenvalue weighted by Gasteiger charge is 2.44. The van der Waals surface area contributed by atoms with Crippen molar-refractivity contribution in [2.45, 2.75) is 37.6 Å². The number of amides is 1. The van der Waals surface area contributed by atoms with Gasteiger partial charge in [-0.1, -0.05) is 18.2 Å². The van der Waals surface area contributed by atoms with Gasteiger partial charge in [0.15, 0.2) is 0 Å². The second kappa shape index (κ2) is 5.47. The Labute approximate surface area is 133 Å². The first-order chi connectivity index (χ1) is 11.2. The molecule has 23 heavy (non-hydrogen) atoms. The topological polar surface area (TPSA) is 77.6 Å². The Balaban J connectivity index is 1.69. The summed E-state index contributed by atoms with van der Waals surface area (Å²) in [7, 11) is 0. The Morgan fingerprint density at radius 2 is 2.00 bits per heavy atom. The minimum atomic E-state index is -0.588. The predicted octanol–water partition coefficient (Wildman–Crippen LogP) is 1.35. The Morgan fingerprint density at radius 1 is 1.17 bits per heavy atom. The molecule has 1 aromatic heterocycles. The summed E-state index contributed by atoms with van der Waals surface area (Å²) in [6, 6.07) is 8.53. The maximum absolute atomic E-state index is 13.0. The van der Waals surface area contributed by atoms with Crippen LogP contribution in [0.1, 0.15) is 24.1 Å². The molecule has 0 radical (unpaired) electrons. The number of rotatable bonds is 1. The second-order valence-corrected chi connectivity index (χ2v) is 6.14. The first-order valence-electron chi connectivity index (χ1n) is 7.96. The molecule has 1 unspecified atom stereocenters. The summed E-state index contributed by atoms with van der Waals surface area (Å²) in [5.41, 5.74) is 6.77. The van der Waals surface area contributed by atoms with Crippen molar-refractivity contribution in [3.63, 3.8) is 0 Å². The Kier molecular flexibility index (Phi) is 3.43. The summed E-state index contributed by atoms with van der Waals surface area (Å²) in [6.45, 7) is 0.460. The van der Waals surface area contributed by atoms with E-state index in [1.54, 1.807) is 15.7 Å². The van der Waals surface area contributed by atoms with E-state index in [1.807, 2.05) is 30.3 Å². The van der Waals surface area contributed by atoms with Crippen LogP contribution in [0.2, 0.25) is 0 Å². The number of aromatic nitrogens is 1. The number of hydrogen-bond acceptors (Lipinski definition) is 4. The van der Waals surface area contributed by atoms with Gasteiger partial charge < -0.3 is 15.4 Å².